The smallest absolute Gasteiger partial charge is 0.233 e. The molecule has 0 bridgehead atoms. The van der Waals surface area contributed by atoms with E-state index < -0.39 is 0 Å². The minimum absolute atomic E-state index is 0.0221. The number of hydrogen-bond donors (Lipinski definition) is 0. The summed E-state index contributed by atoms with van der Waals surface area (Å²) in [5, 5.41) is 8.06. The van der Waals surface area contributed by atoms with Gasteiger partial charge >= 0.3 is 0 Å². The fourth-order valence-corrected chi connectivity index (χ4v) is 3.13. The van der Waals surface area contributed by atoms with Gasteiger partial charge in [0.15, 0.2) is 0 Å². The summed E-state index contributed by atoms with van der Waals surface area (Å²) >= 11 is 0. The van der Waals surface area contributed by atoms with Gasteiger partial charge in [-0.15, -0.1) is 5.10 Å². The van der Waals surface area contributed by atoms with Crippen LogP contribution in [0, 0.1) is 12.8 Å². The number of likely N-dealkylation sites (tertiary alicyclic amines) is 1. The van der Waals surface area contributed by atoms with Crippen LogP contribution in [0.4, 0.5) is 0 Å². The predicted octanol–water partition coefficient (Wildman–Crippen LogP) is 2.51. The lowest BCUT2D eigenvalue weighted by molar-refractivity contribution is -0.138. The van der Waals surface area contributed by atoms with Crippen LogP contribution in [0.5, 0.6) is 5.88 Å². The maximum absolute atomic E-state index is 12.6. The number of carbonyl (C=O) groups is 1. The highest BCUT2D eigenvalue weighted by Gasteiger charge is 2.29. The highest BCUT2D eigenvalue weighted by Crippen LogP contribution is 2.23. The number of piperidine rings is 1. The molecule has 5 nitrogen and oxygen atoms in total. The second-order valence-electron chi connectivity index (χ2n) is 6.16. The zero-order valence-electron chi connectivity index (χ0n) is 13.1. The molecule has 22 heavy (non-hydrogen) atoms. The second-order valence-corrected chi connectivity index (χ2v) is 6.16. The lowest BCUT2D eigenvalue weighted by atomic mass is 9.92. The summed E-state index contributed by atoms with van der Waals surface area (Å²) in [4.78, 5) is 14.6. The molecule has 1 aliphatic heterocycles. The third-order valence-electron chi connectivity index (χ3n) is 4.37. The molecule has 0 spiro atoms. The Balaban J connectivity index is 1.57. The Morgan fingerprint density at radius 3 is 2.91 bits per heavy atom. The van der Waals surface area contributed by atoms with Crippen LogP contribution in [0.25, 0.3) is 0 Å². The largest absolute Gasteiger partial charge is 0.471 e. The fraction of sp³-hybridized carbons (Fsp3) is 0.588. The molecule has 1 aliphatic carbocycles. The minimum Gasteiger partial charge on any atom is -0.471 e. The summed E-state index contributed by atoms with van der Waals surface area (Å²) in [6.45, 7) is 3.41. The molecular formula is C17H23N3O2. The molecule has 0 N–H and O–H groups in total. The zero-order valence-corrected chi connectivity index (χ0v) is 13.1. The molecule has 0 saturated carbocycles. The van der Waals surface area contributed by atoms with E-state index in [9.17, 15) is 4.79 Å². The first-order valence-corrected chi connectivity index (χ1v) is 8.13. The lowest BCUT2D eigenvalue weighted by Crippen LogP contribution is -2.46. The van der Waals surface area contributed by atoms with Gasteiger partial charge in [0.25, 0.3) is 0 Å². The van der Waals surface area contributed by atoms with Crippen LogP contribution in [0.2, 0.25) is 0 Å². The van der Waals surface area contributed by atoms with E-state index in [0.717, 1.165) is 44.3 Å². The van der Waals surface area contributed by atoms with Crippen molar-refractivity contribution in [3.05, 3.63) is 30.0 Å². The van der Waals surface area contributed by atoms with E-state index in [-0.39, 0.29) is 17.9 Å². The summed E-state index contributed by atoms with van der Waals surface area (Å²) in [5.74, 6) is 0.987. The highest BCUT2D eigenvalue weighted by molar-refractivity contribution is 5.79. The molecule has 118 valence electrons. The van der Waals surface area contributed by atoms with Crippen molar-refractivity contribution in [1.82, 2.24) is 15.1 Å². The number of hydrogen-bond acceptors (Lipinski definition) is 4. The van der Waals surface area contributed by atoms with Crippen molar-refractivity contribution in [1.29, 1.82) is 0 Å². The molecule has 5 heteroatoms. The SMILES string of the molecule is Cc1ccc(OC2CCCN(C(=O)C3CC=CCC3)C2)nn1. The van der Waals surface area contributed by atoms with Gasteiger partial charge in [-0.1, -0.05) is 12.2 Å². The number of aryl methyl sites for hydroxylation is 1. The van der Waals surface area contributed by atoms with Gasteiger partial charge in [0.2, 0.25) is 11.8 Å². The van der Waals surface area contributed by atoms with E-state index in [1.807, 2.05) is 24.0 Å². The first kappa shape index (κ1) is 15.0. The maximum Gasteiger partial charge on any atom is 0.233 e. The molecule has 0 radical (unpaired) electrons. The summed E-state index contributed by atoms with van der Waals surface area (Å²) in [6.07, 6.45) is 9.14. The second kappa shape index (κ2) is 6.90. The number of allylic oxidation sites excluding steroid dienone is 2. The Kier molecular flexibility index (Phi) is 4.71. The lowest BCUT2D eigenvalue weighted by Gasteiger charge is -2.35. The van der Waals surface area contributed by atoms with Crippen LogP contribution in [0.15, 0.2) is 24.3 Å². The molecule has 3 rings (SSSR count). The molecule has 0 aromatic carbocycles. The van der Waals surface area contributed by atoms with Crippen molar-refractivity contribution in [2.24, 2.45) is 5.92 Å². The van der Waals surface area contributed by atoms with Crippen LogP contribution in [0.1, 0.15) is 37.8 Å². The molecule has 2 unspecified atom stereocenters. The zero-order chi connectivity index (χ0) is 15.4. The number of aromatic nitrogens is 2. The minimum atomic E-state index is 0.0221. The van der Waals surface area contributed by atoms with Gasteiger partial charge in [-0.25, -0.2) is 0 Å². The van der Waals surface area contributed by atoms with Crippen LogP contribution < -0.4 is 4.74 Å². The molecule has 1 aromatic rings. The summed E-state index contributed by atoms with van der Waals surface area (Å²) in [6, 6.07) is 3.73. The number of ether oxygens (including phenoxy) is 1. The Bertz CT molecular complexity index is 541. The number of amides is 1. The monoisotopic (exact) mass is 301 g/mol. The average molecular weight is 301 g/mol. The molecule has 2 aliphatic rings. The van der Waals surface area contributed by atoms with Gasteiger partial charge < -0.3 is 9.64 Å². The first-order valence-electron chi connectivity index (χ1n) is 8.13. The van der Waals surface area contributed by atoms with E-state index in [0.29, 0.717) is 12.4 Å². The molecular weight excluding hydrogens is 278 g/mol. The molecule has 2 heterocycles. The van der Waals surface area contributed by atoms with Crippen molar-refractivity contribution in [3.8, 4) is 5.88 Å². The van der Waals surface area contributed by atoms with Crippen LogP contribution in [-0.2, 0) is 4.79 Å². The van der Waals surface area contributed by atoms with Gasteiger partial charge in [0.05, 0.1) is 12.2 Å². The average Bonchev–Trinajstić information content (AvgIpc) is 2.57. The molecule has 1 amide bonds. The van der Waals surface area contributed by atoms with Gasteiger partial charge in [0.1, 0.15) is 6.10 Å². The van der Waals surface area contributed by atoms with E-state index in [2.05, 4.69) is 22.3 Å². The van der Waals surface area contributed by atoms with Crippen molar-refractivity contribution < 1.29 is 9.53 Å². The number of nitrogens with zero attached hydrogens (tertiary/aromatic N) is 3. The molecule has 1 aromatic heterocycles. The summed E-state index contributed by atoms with van der Waals surface area (Å²) in [5.41, 5.74) is 0.873. The van der Waals surface area contributed by atoms with Crippen molar-refractivity contribution in [3.63, 3.8) is 0 Å². The third-order valence-corrected chi connectivity index (χ3v) is 4.37. The van der Waals surface area contributed by atoms with Crippen molar-refractivity contribution >= 4 is 5.91 Å². The third kappa shape index (κ3) is 3.64. The summed E-state index contributed by atoms with van der Waals surface area (Å²) in [7, 11) is 0. The number of rotatable bonds is 3. The van der Waals surface area contributed by atoms with Crippen LogP contribution in [-0.4, -0.2) is 40.2 Å². The standard InChI is InChI=1S/C17H23N3O2/c1-13-9-10-16(19-18-13)22-15-8-5-11-20(12-15)17(21)14-6-3-2-4-7-14/h2-3,9-10,14-15H,4-8,11-12H2,1H3. The summed E-state index contributed by atoms with van der Waals surface area (Å²) < 4.78 is 5.90. The Labute approximate surface area is 131 Å². The molecule has 1 saturated heterocycles. The normalized spacial score (nSPS) is 25.0. The van der Waals surface area contributed by atoms with Crippen molar-refractivity contribution in [2.45, 2.75) is 45.1 Å². The van der Waals surface area contributed by atoms with Gasteiger partial charge in [-0.05, 0) is 45.1 Å². The van der Waals surface area contributed by atoms with E-state index in [4.69, 9.17) is 4.74 Å². The number of carbonyl (C=O) groups excluding carboxylic acids is 1. The first-order chi connectivity index (χ1) is 10.7. The Morgan fingerprint density at radius 2 is 2.18 bits per heavy atom. The maximum atomic E-state index is 12.6. The molecule has 2 atom stereocenters. The predicted molar refractivity (Wildman–Crippen MR) is 83.5 cm³/mol. The fourth-order valence-electron chi connectivity index (χ4n) is 3.13. The topological polar surface area (TPSA) is 55.3 Å². The quantitative estimate of drug-likeness (QED) is 0.805. The van der Waals surface area contributed by atoms with Gasteiger partial charge in [-0.3, -0.25) is 4.79 Å². The van der Waals surface area contributed by atoms with Crippen LogP contribution >= 0.6 is 0 Å². The van der Waals surface area contributed by atoms with E-state index in [1.54, 1.807) is 0 Å². The van der Waals surface area contributed by atoms with E-state index >= 15 is 0 Å². The van der Waals surface area contributed by atoms with Gasteiger partial charge in [-0.2, -0.15) is 5.10 Å². The highest BCUT2D eigenvalue weighted by atomic mass is 16.5. The molecule has 1 fully saturated rings. The van der Waals surface area contributed by atoms with Crippen molar-refractivity contribution in [2.75, 3.05) is 13.1 Å². The van der Waals surface area contributed by atoms with E-state index in [1.165, 1.54) is 0 Å². The Morgan fingerprint density at radius 1 is 1.27 bits per heavy atom. The van der Waals surface area contributed by atoms with Gasteiger partial charge in [0, 0.05) is 18.5 Å². The Hall–Kier alpha value is -1.91. The van der Waals surface area contributed by atoms with Crippen LogP contribution in [0.3, 0.4) is 0 Å².